The summed E-state index contributed by atoms with van der Waals surface area (Å²) in [5.41, 5.74) is 2.18. The predicted molar refractivity (Wildman–Crippen MR) is 101 cm³/mol. The lowest BCUT2D eigenvalue weighted by Crippen LogP contribution is -2.39. The topological polar surface area (TPSA) is 75.0 Å². The summed E-state index contributed by atoms with van der Waals surface area (Å²) in [6.45, 7) is 8.22. The van der Waals surface area contributed by atoms with Crippen molar-refractivity contribution in [3.8, 4) is 11.8 Å². The number of aromatic nitrogens is 1. The Balaban J connectivity index is 2.10. The lowest BCUT2D eigenvalue weighted by Gasteiger charge is -2.21. The minimum atomic E-state index is -0.609. The molecule has 1 amide bonds. The Bertz CT molecular complexity index is 795. The third-order valence-corrected chi connectivity index (χ3v) is 3.84. The van der Waals surface area contributed by atoms with Gasteiger partial charge in [-0.2, -0.15) is 5.26 Å². The summed E-state index contributed by atoms with van der Waals surface area (Å²) in [6.07, 6.45) is 4.97. The smallest absolute Gasteiger partial charge is 0.261 e. The molecule has 1 heterocycles. The molecule has 0 spiro atoms. The van der Waals surface area contributed by atoms with E-state index in [9.17, 15) is 4.79 Å². The van der Waals surface area contributed by atoms with Crippen LogP contribution in [0.1, 0.15) is 37.0 Å². The fraction of sp³-hybridized carbons (Fsp3) is 0.286. The lowest BCUT2D eigenvalue weighted by molar-refractivity contribution is -0.128. The van der Waals surface area contributed by atoms with Crippen LogP contribution in [0, 0.1) is 17.2 Å². The van der Waals surface area contributed by atoms with Gasteiger partial charge in [-0.3, -0.25) is 9.78 Å². The highest BCUT2D eigenvalue weighted by atomic mass is 16.5. The summed E-state index contributed by atoms with van der Waals surface area (Å²) < 4.78 is 5.94. The van der Waals surface area contributed by atoms with E-state index in [4.69, 9.17) is 10.00 Å². The van der Waals surface area contributed by atoms with Crippen LogP contribution in [0.25, 0.3) is 6.08 Å². The van der Waals surface area contributed by atoms with E-state index < -0.39 is 6.10 Å². The monoisotopic (exact) mass is 349 g/mol. The molecule has 0 saturated heterocycles. The largest absolute Gasteiger partial charge is 0.481 e. The maximum atomic E-state index is 12.6. The van der Waals surface area contributed by atoms with Crippen molar-refractivity contribution in [1.82, 2.24) is 10.3 Å². The van der Waals surface area contributed by atoms with Crippen molar-refractivity contribution >= 4 is 12.0 Å². The van der Waals surface area contributed by atoms with E-state index in [1.807, 2.05) is 26.0 Å². The van der Waals surface area contributed by atoms with Gasteiger partial charge in [0, 0.05) is 18.9 Å². The zero-order chi connectivity index (χ0) is 18.9. The Morgan fingerprint density at radius 2 is 2.08 bits per heavy atom. The van der Waals surface area contributed by atoms with Gasteiger partial charge in [0.25, 0.3) is 5.91 Å². The van der Waals surface area contributed by atoms with E-state index in [0.29, 0.717) is 35.8 Å². The van der Waals surface area contributed by atoms with Gasteiger partial charge in [-0.15, -0.1) is 0 Å². The molecule has 1 aromatic carbocycles. The standard InChI is InChI=1S/C21H23N3O2/c1-4-17-12-19(6-5-18(17)13-22)26-20(11-15(2)3)21(25)24-14-16-7-9-23-10-8-16/h4-10,12,15,20H,1,11,14H2,2-3H3,(H,24,25). The molecule has 0 radical (unpaired) electrons. The SMILES string of the molecule is C=Cc1cc(OC(CC(C)C)C(=O)NCc2ccncc2)ccc1C#N. The van der Waals surface area contributed by atoms with E-state index in [1.54, 1.807) is 36.7 Å². The second-order valence-corrected chi connectivity index (χ2v) is 6.37. The summed E-state index contributed by atoms with van der Waals surface area (Å²) in [6, 6.07) is 10.9. The molecule has 1 atom stereocenters. The third-order valence-electron chi connectivity index (χ3n) is 3.84. The Kier molecular flexibility index (Phi) is 6.92. The van der Waals surface area contributed by atoms with Crippen LogP contribution >= 0.6 is 0 Å². The van der Waals surface area contributed by atoms with Gasteiger partial charge >= 0.3 is 0 Å². The van der Waals surface area contributed by atoms with Gasteiger partial charge in [0.05, 0.1) is 11.6 Å². The van der Waals surface area contributed by atoms with Crippen LogP contribution in [0.4, 0.5) is 0 Å². The molecule has 0 aliphatic rings. The molecule has 5 nitrogen and oxygen atoms in total. The van der Waals surface area contributed by atoms with Gasteiger partial charge in [0.1, 0.15) is 5.75 Å². The second kappa shape index (κ2) is 9.38. The maximum Gasteiger partial charge on any atom is 0.261 e. The molecule has 2 aromatic rings. The van der Waals surface area contributed by atoms with Crippen LogP contribution in [0.15, 0.2) is 49.3 Å². The molecule has 0 aliphatic carbocycles. The number of carbonyl (C=O) groups is 1. The number of amides is 1. The minimum Gasteiger partial charge on any atom is -0.481 e. The molecule has 5 heteroatoms. The predicted octanol–water partition coefficient (Wildman–Crippen LogP) is 3.71. The molecule has 2 rings (SSSR count). The van der Waals surface area contributed by atoms with Gasteiger partial charge in [0.15, 0.2) is 6.10 Å². The number of pyridine rings is 1. The molecule has 0 saturated carbocycles. The number of benzene rings is 1. The van der Waals surface area contributed by atoms with Gasteiger partial charge in [0.2, 0.25) is 0 Å². The van der Waals surface area contributed by atoms with Crippen molar-refractivity contribution in [2.24, 2.45) is 5.92 Å². The zero-order valence-electron chi connectivity index (χ0n) is 15.1. The summed E-state index contributed by atoms with van der Waals surface area (Å²) in [5, 5.41) is 12.0. The van der Waals surface area contributed by atoms with Crippen LogP contribution in [-0.4, -0.2) is 17.0 Å². The zero-order valence-corrected chi connectivity index (χ0v) is 15.1. The fourth-order valence-corrected chi connectivity index (χ4v) is 2.49. The lowest BCUT2D eigenvalue weighted by atomic mass is 10.0. The Labute approximate surface area is 154 Å². The van der Waals surface area contributed by atoms with Crippen molar-refractivity contribution in [1.29, 1.82) is 5.26 Å². The summed E-state index contributed by atoms with van der Waals surface area (Å²) in [5.74, 6) is 0.674. The van der Waals surface area contributed by atoms with Crippen LogP contribution < -0.4 is 10.1 Å². The third kappa shape index (κ3) is 5.45. The molecule has 0 fully saturated rings. The average molecular weight is 349 g/mol. The van der Waals surface area contributed by atoms with Crippen LogP contribution in [0.2, 0.25) is 0 Å². The van der Waals surface area contributed by atoms with E-state index >= 15 is 0 Å². The van der Waals surface area contributed by atoms with Crippen LogP contribution in [-0.2, 0) is 11.3 Å². The molecule has 26 heavy (non-hydrogen) atoms. The van der Waals surface area contributed by atoms with E-state index in [1.165, 1.54) is 0 Å². The highest BCUT2D eigenvalue weighted by molar-refractivity contribution is 5.81. The Hall–Kier alpha value is -3.13. The first-order valence-electron chi connectivity index (χ1n) is 8.53. The summed E-state index contributed by atoms with van der Waals surface area (Å²) >= 11 is 0. The Morgan fingerprint density at radius 3 is 2.69 bits per heavy atom. The molecule has 1 N–H and O–H groups in total. The minimum absolute atomic E-state index is 0.167. The quantitative estimate of drug-likeness (QED) is 0.788. The number of hydrogen-bond donors (Lipinski definition) is 1. The Morgan fingerprint density at radius 1 is 1.35 bits per heavy atom. The number of hydrogen-bond acceptors (Lipinski definition) is 4. The fourth-order valence-electron chi connectivity index (χ4n) is 2.49. The van der Waals surface area contributed by atoms with Crippen molar-refractivity contribution in [2.45, 2.75) is 32.9 Å². The van der Waals surface area contributed by atoms with Crippen molar-refractivity contribution in [3.63, 3.8) is 0 Å². The number of nitrogens with zero attached hydrogens (tertiary/aromatic N) is 2. The number of rotatable bonds is 8. The molecular formula is C21H23N3O2. The molecule has 1 aromatic heterocycles. The highest BCUT2D eigenvalue weighted by Crippen LogP contribution is 2.21. The second-order valence-electron chi connectivity index (χ2n) is 6.37. The molecule has 1 unspecified atom stereocenters. The molecule has 0 aliphatic heterocycles. The molecular weight excluding hydrogens is 326 g/mol. The number of ether oxygens (including phenoxy) is 1. The van der Waals surface area contributed by atoms with Gasteiger partial charge in [-0.25, -0.2) is 0 Å². The van der Waals surface area contributed by atoms with Crippen molar-refractivity contribution in [3.05, 3.63) is 66.0 Å². The number of nitrogens with one attached hydrogen (secondary N) is 1. The number of carbonyl (C=O) groups excluding carboxylic acids is 1. The normalized spacial score (nSPS) is 11.5. The van der Waals surface area contributed by atoms with Crippen LogP contribution in [0.3, 0.4) is 0 Å². The summed E-state index contributed by atoms with van der Waals surface area (Å²) in [7, 11) is 0. The molecule has 0 bridgehead atoms. The van der Waals surface area contributed by atoms with E-state index in [-0.39, 0.29) is 5.91 Å². The van der Waals surface area contributed by atoms with Crippen molar-refractivity contribution < 1.29 is 9.53 Å². The van der Waals surface area contributed by atoms with Crippen molar-refractivity contribution in [2.75, 3.05) is 0 Å². The van der Waals surface area contributed by atoms with E-state index in [2.05, 4.69) is 22.9 Å². The molecule has 134 valence electrons. The summed E-state index contributed by atoms with van der Waals surface area (Å²) in [4.78, 5) is 16.6. The maximum absolute atomic E-state index is 12.6. The highest BCUT2D eigenvalue weighted by Gasteiger charge is 2.22. The van der Waals surface area contributed by atoms with Gasteiger partial charge < -0.3 is 10.1 Å². The first-order valence-corrected chi connectivity index (χ1v) is 8.53. The van der Waals surface area contributed by atoms with Gasteiger partial charge in [-0.1, -0.05) is 26.5 Å². The number of nitriles is 1. The first kappa shape index (κ1) is 19.2. The van der Waals surface area contributed by atoms with E-state index in [0.717, 1.165) is 5.56 Å². The van der Waals surface area contributed by atoms with Gasteiger partial charge in [-0.05, 0) is 53.8 Å². The first-order chi connectivity index (χ1) is 12.5. The average Bonchev–Trinajstić information content (AvgIpc) is 2.65. The van der Waals surface area contributed by atoms with Crippen LogP contribution in [0.5, 0.6) is 5.75 Å².